The molecule has 1 aliphatic heterocycles. The van der Waals surface area contributed by atoms with Crippen LogP contribution in [-0.2, 0) is 4.74 Å². The van der Waals surface area contributed by atoms with Crippen LogP contribution in [0.5, 0.6) is 0 Å². The molecule has 1 saturated heterocycles. The highest BCUT2D eigenvalue weighted by molar-refractivity contribution is 9.10. The number of hydrogen-bond acceptors (Lipinski definition) is 3. The summed E-state index contributed by atoms with van der Waals surface area (Å²) >= 11 is 9.61. The Morgan fingerprint density at radius 2 is 2.23 bits per heavy atom. The Hall–Kier alpha value is -0.940. The van der Waals surface area contributed by atoms with Crippen molar-refractivity contribution < 1.29 is 9.53 Å². The number of benzene rings is 1. The molecular formula is C16H22BrClN2O2. The molecule has 1 heterocycles. The van der Waals surface area contributed by atoms with E-state index in [1.807, 2.05) is 43.9 Å². The van der Waals surface area contributed by atoms with Crippen LogP contribution in [0.15, 0.2) is 22.7 Å². The highest BCUT2D eigenvalue weighted by Gasteiger charge is 2.31. The zero-order valence-corrected chi connectivity index (χ0v) is 15.5. The molecule has 1 amide bonds. The van der Waals surface area contributed by atoms with E-state index in [-0.39, 0.29) is 12.1 Å². The van der Waals surface area contributed by atoms with E-state index >= 15 is 0 Å². The summed E-state index contributed by atoms with van der Waals surface area (Å²) in [7, 11) is 0. The lowest BCUT2D eigenvalue weighted by molar-refractivity contribution is 0.0235. The van der Waals surface area contributed by atoms with Gasteiger partial charge in [0.1, 0.15) is 5.60 Å². The number of rotatable bonds is 3. The molecule has 122 valence electrons. The fraction of sp³-hybridized carbons (Fsp3) is 0.562. The minimum atomic E-state index is -0.467. The molecule has 22 heavy (non-hydrogen) atoms. The predicted molar refractivity (Wildman–Crippen MR) is 93.6 cm³/mol. The molecular weight excluding hydrogens is 368 g/mol. The number of anilines is 1. The Morgan fingerprint density at radius 3 is 2.91 bits per heavy atom. The molecule has 1 N–H and O–H groups in total. The molecule has 1 aliphatic rings. The molecule has 0 radical (unpaired) electrons. The molecule has 0 saturated carbocycles. The van der Waals surface area contributed by atoms with Gasteiger partial charge in [-0.3, -0.25) is 0 Å². The maximum absolute atomic E-state index is 12.2. The van der Waals surface area contributed by atoms with Crippen molar-refractivity contribution in [3.63, 3.8) is 0 Å². The van der Waals surface area contributed by atoms with Crippen LogP contribution in [-0.4, -0.2) is 35.7 Å². The minimum Gasteiger partial charge on any atom is -0.444 e. The molecule has 0 aliphatic carbocycles. The van der Waals surface area contributed by atoms with E-state index in [0.717, 1.165) is 29.5 Å². The fourth-order valence-electron chi connectivity index (χ4n) is 2.47. The number of carbonyl (C=O) groups is 1. The number of ether oxygens (including phenoxy) is 1. The molecule has 1 aromatic carbocycles. The Labute approximate surface area is 145 Å². The van der Waals surface area contributed by atoms with Crippen molar-refractivity contribution in [2.75, 3.05) is 18.4 Å². The smallest absolute Gasteiger partial charge is 0.410 e. The van der Waals surface area contributed by atoms with Gasteiger partial charge in [0.2, 0.25) is 0 Å². The standard InChI is InChI=1S/C16H22BrClN2O2/c1-16(2,3)22-15(21)20-8-4-5-12(20)10-19-14-9-11(17)6-7-13(14)18/h6-7,9,12,19H,4-5,8,10H2,1-3H3. The van der Waals surface area contributed by atoms with E-state index < -0.39 is 5.60 Å². The van der Waals surface area contributed by atoms with E-state index in [4.69, 9.17) is 16.3 Å². The van der Waals surface area contributed by atoms with E-state index in [9.17, 15) is 4.79 Å². The Kier molecular flexibility index (Phi) is 5.61. The quantitative estimate of drug-likeness (QED) is 0.798. The number of hydrogen-bond donors (Lipinski definition) is 1. The summed E-state index contributed by atoms with van der Waals surface area (Å²) in [6.45, 7) is 7.06. The maximum Gasteiger partial charge on any atom is 0.410 e. The maximum atomic E-state index is 12.2. The van der Waals surface area contributed by atoms with Crippen LogP contribution in [0.2, 0.25) is 5.02 Å². The van der Waals surface area contributed by atoms with Crippen LogP contribution >= 0.6 is 27.5 Å². The molecule has 0 bridgehead atoms. The van der Waals surface area contributed by atoms with Crippen LogP contribution in [0, 0.1) is 0 Å². The molecule has 4 nitrogen and oxygen atoms in total. The van der Waals surface area contributed by atoms with E-state index in [2.05, 4.69) is 21.2 Å². The first-order valence-electron chi connectivity index (χ1n) is 7.45. The van der Waals surface area contributed by atoms with Crippen LogP contribution in [0.1, 0.15) is 33.6 Å². The molecule has 1 unspecified atom stereocenters. The summed E-state index contributed by atoms with van der Waals surface area (Å²) in [6.07, 6.45) is 1.73. The third-order valence-electron chi connectivity index (χ3n) is 3.46. The zero-order chi connectivity index (χ0) is 16.3. The van der Waals surface area contributed by atoms with Crippen molar-refractivity contribution >= 4 is 39.3 Å². The first-order valence-corrected chi connectivity index (χ1v) is 8.62. The third-order valence-corrected chi connectivity index (χ3v) is 4.28. The van der Waals surface area contributed by atoms with E-state index in [1.165, 1.54) is 0 Å². The summed E-state index contributed by atoms with van der Waals surface area (Å²) < 4.78 is 6.44. The van der Waals surface area contributed by atoms with Crippen LogP contribution in [0.3, 0.4) is 0 Å². The zero-order valence-electron chi connectivity index (χ0n) is 13.2. The van der Waals surface area contributed by atoms with Crippen molar-refractivity contribution in [2.24, 2.45) is 0 Å². The second kappa shape index (κ2) is 7.09. The van der Waals surface area contributed by atoms with Gasteiger partial charge in [0, 0.05) is 17.6 Å². The summed E-state index contributed by atoms with van der Waals surface area (Å²) in [5.74, 6) is 0. The van der Waals surface area contributed by atoms with Crippen LogP contribution < -0.4 is 5.32 Å². The first kappa shape index (κ1) is 17.4. The lowest BCUT2D eigenvalue weighted by Gasteiger charge is -2.29. The van der Waals surface area contributed by atoms with Crippen molar-refractivity contribution in [3.05, 3.63) is 27.7 Å². The van der Waals surface area contributed by atoms with Crippen molar-refractivity contribution in [2.45, 2.75) is 45.3 Å². The molecule has 2 rings (SSSR count). The largest absolute Gasteiger partial charge is 0.444 e. The summed E-state index contributed by atoms with van der Waals surface area (Å²) in [5, 5.41) is 4.00. The fourth-order valence-corrected chi connectivity index (χ4v) is 3.02. The molecule has 1 atom stereocenters. The first-order chi connectivity index (χ1) is 10.3. The summed E-state index contributed by atoms with van der Waals surface area (Å²) in [4.78, 5) is 14.1. The monoisotopic (exact) mass is 388 g/mol. The average Bonchev–Trinajstić information content (AvgIpc) is 2.86. The van der Waals surface area contributed by atoms with Gasteiger partial charge in [-0.05, 0) is 51.8 Å². The number of carbonyl (C=O) groups excluding carboxylic acids is 1. The van der Waals surface area contributed by atoms with E-state index in [0.29, 0.717) is 11.6 Å². The second-order valence-electron chi connectivity index (χ2n) is 6.47. The van der Waals surface area contributed by atoms with Gasteiger partial charge >= 0.3 is 6.09 Å². The molecule has 0 aromatic heterocycles. The predicted octanol–water partition coefficient (Wildman–Crippen LogP) is 4.91. The van der Waals surface area contributed by atoms with Crippen molar-refractivity contribution in [3.8, 4) is 0 Å². The van der Waals surface area contributed by atoms with Gasteiger partial charge in [-0.2, -0.15) is 0 Å². The number of likely N-dealkylation sites (tertiary alicyclic amines) is 1. The van der Waals surface area contributed by atoms with Gasteiger partial charge in [-0.25, -0.2) is 4.79 Å². The van der Waals surface area contributed by atoms with E-state index in [1.54, 1.807) is 0 Å². The van der Waals surface area contributed by atoms with Gasteiger partial charge in [0.15, 0.2) is 0 Å². The number of nitrogens with one attached hydrogen (secondary N) is 1. The molecule has 1 aromatic rings. The SMILES string of the molecule is CC(C)(C)OC(=O)N1CCCC1CNc1cc(Br)ccc1Cl. The Balaban J connectivity index is 1.97. The third kappa shape index (κ3) is 4.78. The number of amides is 1. The number of halogens is 2. The van der Waals surface area contributed by atoms with Crippen LogP contribution in [0.25, 0.3) is 0 Å². The molecule has 6 heteroatoms. The topological polar surface area (TPSA) is 41.6 Å². The molecule has 0 spiro atoms. The lowest BCUT2D eigenvalue weighted by Crippen LogP contribution is -2.42. The van der Waals surface area contributed by atoms with Gasteiger partial charge in [-0.1, -0.05) is 27.5 Å². The van der Waals surface area contributed by atoms with Crippen molar-refractivity contribution in [1.82, 2.24) is 4.90 Å². The summed E-state index contributed by atoms with van der Waals surface area (Å²) in [5.41, 5.74) is 0.401. The lowest BCUT2D eigenvalue weighted by atomic mass is 10.2. The van der Waals surface area contributed by atoms with Gasteiger partial charge in [0.05, 0.1) is 16.8 Å². The number of nitrogens with zero attached hydrogens (tertiary/aromatic N) is 1. The van der Waals surface area contributed by atoms with Crippen molar-refractivity contribution in [1.29, 1.82) is 0 Å². The molecule has 1 fully saturated rings. The highest BCUT2D eigenvalue weighted by atomic mass is 79.9. The Morgan fingerprint density at radius 1 is 1.50 bits per heavy atom. The summed E-state index contributed by atoms with van der Waals surface area (Å²) in [6, 6.07) is 5.81. The van der Waals surface area contributed by atoms with Gasteiger partial charge in [0.25, 0.3) is 0 Å². The normalized spacial score (nSPS) is 18.4. The average molecular weight is 390 g/mol. The van der Waals surface area contributed by atoms with Gasteiger partial charge in [-0.15, -0.1) is 0 Å². The Bertz CT molecular complexity index is 545. The minimum absolute atomic E-state index is 0.130. The van der Waals surface area contributed by atoms with Gasteiger partial charge < -0.3 is 15.0 Å². The second-order valence-corrected chi connectivity index (χ2v) is 7.80. The highest BCUT2D eigenvalue weighted by Crippen LogP contribution is 2.27. The van der Waals surface area contributed by atoms with Crippen LogP contribution in [0.4, 0.5) is 10.5 Å².